The Kier molecular flexibility index (Phi) is 4.31. The van der Waals surface area contributed by atoms with E-state index in [1.165, 1.54) is 24.0 Å². The number of carbonyl (C=O) groups excluding carboxylic acids is 1. The van der Waals surface area contributed by atoms with Crippen LogP contribution in [0.3, 0.4) is 0 Å². The number of sulfonamides is 1. The van der Waals surface area contributed by atoms with Crippen molar-refractivity contribution >= 4 is 27.5 Å². The molecule has 0 aliphatic carbocycles. The fraction of sp³-hybridized carbons (Fsp3) is 0.417. The van der Waals surface area contributed by atoms with Crippen molar-refractivity contribution in [3.05, 3.63) is 29.0 Å². The summed E-state index contributed by atoms with van der Waals surface area (Å²) < 4.78 is 40.4. The SMILES string of the molecule is CC(=O)N1CCC(NS(=O)(=O)c2c(F)cccc2Cl)C1. The first-order valence-corrected chi connectivity index (χ1v) is 7.89. The van der Waals surface area contributed by atoms with Crippen molar-refractivity contribution in [2.24, 2.45) is 0 Å². The second-order valence-electron chi connectivity index (χ2n) is 4.62. The number of carbonyl (C=O) groups is 1. The lowest BCUT2D eigenvalue weighted by Crippen LogP contribution is -2.38. The van der Waals surface area contributed by atoms with Gasteiger partial charge < -0.3 is 4.90 Å². The third-order valence-corrected chi connectivity index (χ3v) is 5.17. The van der Waals surface area contributed by atoms with E-state index in [1.807, 2.05) is 0 Å². The summed E-state index contributed by atoms with van der Waals surface area (Å²) in [5.41, 5.74) is 0. The van der Waals surface area contributed by atoms with Gasteiger partial charge in [-0.05, 0) is 18.6 Å². The molecule has 0 saturated carbocycles. The zero-order chi connectivity index (χ0) is 14.9. The minimum atomic E-state index is -4.05. The number of benzene rings is 1. The van der Waals surface area contributed by atoms with E-state index >= 15 is 0 Å². The van der Waals surface area contributed by atoms with Gasteiger partial charge in [-0.15, -0.1) is 0 Å². The number of halogens is 2. The van der Waals surface area contributed by atoms with Crippen molar-refractivity contribution < 1.29 is 17.6 Å². The smallest absolute Gasteiger partial charge is 0.245 e. The van der Waals surface area contributed by atoms with Crippen LogP contribution in [-0.2, 0) is 14.8 Å². The summed E-state index contributed by atoms with van der Waals surface area (Å²) in [6, 6.07) is 3.26. The van der Waals surface area contributed by atoms with Crippen molar-refractivity contribution in [3.63, 3.8) is 0 Å². The van der Waals surface area contributed by atoms with Crippen LogP contribution < -0.4 is 4.72 Å². The molecule has 0 aromatic heterocycles. The first-order valence-electron chi connectivity index (χ1n) is 6.03. The number of hydrogen-bond donors (Lipinski definition) is 1. The van der Waals surface area contributed by atoms with Crippen molar-refractivity contribution in [2.75, 3.05) is 13.1 Å². The van der Waals surface area contributed by atoms with Gasteiger partial charge in [0.1, 0.15) is 10.7 Å². The van der Waals surface area contributed by atoms with Crippen LogP contribution in [-0.4, -0.2) is 38.4 Å². The summed E-state index contributed by atoms with van der Waals surface area (Å²) in [5, 5.41) is -0.168. The second kappa shape index (κ2) is 5.67. The summed E-state index contributed by atoms with van der Waals surface area (Å²) in [6.45, 7) is 2.18. The van der Waals surface area contributed by atoms with Gasteiger partial charge in [-0.3, -0.25) is 4.79 Å². The quantitative estimate of drug-likeness (QED) is 0.915. The average molecular weight is 321 g/mol. The van der Waals surface area contributed by atoms with Crippen molar-refractivity contribution in [3.8, 4) is 0 Å². The molecular formula is C12H14ClFN2O3S. The zero-order valence-electron chi connectivity index (χ0n) is 10.8. The van der Waals surface area contributed by atoms with Gasteiger partial charge in [0.25, 0.3) is 0 Å². The monoisotopic (exact) mass is 320 g/mol. The van der Waals surface area contributed by atoms with Crippen molar-refractivity contribution in [2.45, 2.75) is 24.3 Å². The summed E-state index contributed by atoms with van der Waals surface area (Å²) in [5.74, 6) is -1.01. The van der Waals surface area contributed by atoms with E-state index in [-0.39, 0.29) is 17.5 Å². The van der Waals surface area contributed by atoms with E-state index in [1.54, 1.807) is 0 Å². The van der Waals surface area contributed by atoms with Gasteiger partial charge >= 0.3 is 0 Å². The Morgan fingerprint density at radius 2 is 2.20 bits per heavy atom. The highest BCUT2D eigenvalue weighted by molar-refractivity contribution is 7.89. The maximum Gasteiger partial charge on any atom is 0.245 e. The fourth-order valence-corrected chi connectivity index (χ4v) is 4.03. The van der Waals surface area contributed by atoms with Crippen LogP contribution in [0.2, 0.25) is 5.02 Å². The lowest BCUT2D eigenvalue weighted by Gasteiger charge is -2.16. The molecule has 1 aromatic rings. The fourth-order valence-electron chi connectivity index (χ4n) is 2.16. The number of hydrogen-bond acceptors (Lipinski definition) is 3. The summed E-state index contributed by atoms with van der Waals surface area (Å²) in [7, 11) is -4.05. The lowest BCUT2D eigenvalue weighted by molar-refractivity contribution is -0.127. The van der Waals surface area contributed by atoms with Gasteiger partial charge in [0.05, 0.1) is 5.02 Å². The molecule has 110 valence electrons. The predicted octanol–water partition coefficient (Wildman–Crippen LogP) is 1.38. The molecule has 1 fully saturated rings. The Balaban J connectivity index is 2.19. The van der Waals surface area contributed by atoms with E-state index in [0.717, 1.165) is 6.07 Å². The van der Waals surface area contributed by atoms with Crippen LogP contribution in [0.5, 0.6) is 0 Å². The molecule has 5 nitrogen and oxygen atoms in total. The zero-order valence-corrected chi connectivity index (χ0v) is 12.3. The molecule has 8 heteroatoms. The van der Waals surface area contributed by atoms with Crippen molar-refractivity contribution in [1.82, 2.24) is 9.62 Å². The normalized spacial score (nSPS) is 19.4. The van der Waals surface area contributed by atoms with Gasteiger partial charge in [0.2, 0.25) is 15.9 Å². The number of nitrogens with zero attached hydrogens (tertiary/aromatic N) is 1. The third-order valence-electron chi connectivity index (χ3n) is 3.14. The van der Waals surface area contributed by atoms with Crippen LogP contribution in [0, 0.1) is 5.82 Å². The van der Waals surface area contributed by atoms with Gasteiger partial charge in [-0.2, -0.15) is 0 Å². The van der Waals surface area contributed by atoms with E-state index in [0.29, 0.717) is 13.0 Å². The third kappa shape index (κ3) is 3.11. The molecule has 1 aromatic carbocycles. The molecule has 1 heterocycles. The van der Waals surface area contributed by atoms with Gasteiger partial charge in [-0.1, -0.05) is 17.7 Å². The Labute approximate surface area is 121 Å². The molecular weight excluding hydrogens is 307 g/mol. The molecule has 0 spiro atoms. The Bertz CT molecular complexity index is 615. The molecule has 1 unspecified atom stereocenters. The number of amides is 1. The molecule has 1 aliphatic heterocycles. The highest BCUT2D eigenvalue weighted by Gasteiger charge is 2.30. The summed E-state index contributed by atoms with van der Waals surface area (Å²) in [4.78, 5) is 12.2. The van der Waals surface area contributed by atoms with Crippen LogP contribution in [0.1, 0.15) is 13.3 Å². The Morgan fingerprint density at radius 1 is 1.50 bits per heavy atom. The number of nitrogens with one attached hydrogen (secondary N) is 1. The first kappa shape index (κ1) is 15.2. The van der Waals surface area contributed by atoms with Crippen LogP contribution in [0.15, 0.2) is 23.1 Å². The Morgan fingerprint density at radius 3 is 2.75 bits per heavy atom. The first-order chi connectivity index (χ1) is 9.31. The van der Waals surface area contributed by atoms with Crippen molar-refractivity contribution in [1.29, 1.82) is 0 Å². The van der Waals surface area contributed by atoms with E-state index < -0.39 is 26.8 Å². The Hall–Kier alpha value is -1.18. The minimum Gasteiger partial charge on any atom is -0.341 e. The lowest BCUT2D eigenvalue weighted by atomic mass is 10.3. The van der Waals surface area contributed by atoms with E-state index in [9.17, 15) is 17.6 Å². The largest absolute Gasteiger partial charge is 0.341 e. The maximum atomic E-state index is 13.7. The molecule has 1 N–H and O–H groups in total. The molecule has 1 amide bonds. The number of likely N-dealkylation sites (tertiary alicyclic amines) is 1. The maximum absolute atomic E-state index is 13.7. The predicted molar refractivity (Wildman–Crippen MR) is 72.4 cm³/mol. The van der Waals surface area contributed by atoms with Crippen LogP contribution >= 0.6 is 11.6 Å². The molecule has 2 rings (SSSR count). The van der Waals surface area contributed by atoms with Crippen LogP contribution in [0.4, 0.5) is 4.39 Å². The average Bonchev–Trinajstić information content (AvgIpc) is 2.76. The molecule has 1 saturated heterocycles. The highest BCUT2D eigenvalue weighted by atomic mass is 35.5. The number of rotatable bonds is 3. The summed E-state index contributed by atoms with van der Waals surface area (Å²) >= 11 is 5.75. The standard InChI is InChI=1S/C12H14ClFN2O3S/c1-8(17)16-6-5-9(7-16)15-20(18,19)12-10(13)3-2-4-11(12)14/h2-4,9,15H,5-7H2,1H3. The van der Waals surface area contributed by atoms with Crippen LogP contribution in [0.25, 0.3) is 0 Å². The molecule has 0 bridgehead atoms. The van der Waals surface area contributed by atoms with E-state index in [4.69, 9.17) is 11.6 Å². The van der Waals surface area contributed by atoms with Gasteiger partial charge in [-0.25, -0.2) is 17.5 Å². The highest BCUT2D eigenvalue weighted by Crippen LogP contribution is 2.25. The van der Waals surface area contributed by atoms with Gasteiger partial charge in [0.15, 0.2) is 0 Å². The van der Waals surface area contributed by atoms with Gasteiger partial charge in [0, 0.05) is 26.1 Å². The topological polar surface area (TPSA) is 66.5 Å². The molecule has 20 heavy (non-hydrogen) atoms. The summed E-state index contributed by atoms with van der Waals surface area (Å²) in [6.07, 6.45) is 0.491. The molecule has 0 radical (unpaired) electrons. The molecule has 1 aliphatic rings. The second-order valence-corrected chi connectivity index (χ2v) is 6.68. The molecule has 1 atom stereocenters. The minimum absolute atomic E-state index is 0.115. The van der Waals surface area contributed by atoms with E-state index in [2.05, 4.69) is 4.72 Å².